The number of hydrogen-bond donors (Lipinski definition) is 1. The van der Waals surface area contributed by atoms with Crippen molar-refractivity contribution < 1.29 is 18.0 Å². The van der Waals surface area contributed by atoms with Crippen LogP contribution in [0.1, 0.15) is 6.92 Å². The molecule has 9 heteroatoms. The first-order valence-corrected chi connectivity index (χ1v) is 6.50. The summed E-state index contributed by atoms with van der Waals surface area (Å²) in [5, 5.41) is 2.58. The number of alkyl halides is 3. The third kappa shape index (κ3) is 4.03. The van der Waals surface area contributed by atoms with Crippen molar-refractivity contribution in [3.63, 3.8) is 0 Å². The number of aromatic nitrogens is 2. The smallest absolute Gasteiger partial charge is 0.322 e. The molecular formula is C12H16F3N5O. The van der Waals surface area contributed by atoms with Gasteiger partial charge >= 0.3 is 12.2 Å². The molecule has 6 nitrogen and oxygen atoms in total. The van der Waals surface area contributed by atoms with E-state index in [2.05, 4.69) is 15.3 Å². The predicted molar refractivity (Wildman–Crippen MR) is 69.7 cm³/mol. The van der Waals surface area contributed by atoms with Crippen molar-refractivity contribution in [2.45, 2.75) is 19.1 Å². The van der Waals surface area contributed by atoms with Crippen molar-refractivity contribution >= 4 is 11.8 Å². The molecule has 1 aliphatic rings. The molecule has 1 aromatic rings. The van der Waals surface area contributed by atoms with Crippen LogP contribution < -0.4 is 5.32 Å². The molecular weight excluding hydrogens is 287 g/mol. The number of nitrogens with one attached hydrogen (secondary N) is 1. The molecule has 0 unspecified atom stereocenters. The molecule has 116 valence electrons. The molecule has 1 N–H and O–H groups in total. The van der Waals surface area contributed by atoms with Gasteiger partial charge in [-0.3, -0.25) is 10.2 Å². The fraction of sp³-hybridized carbons (Fsp3) is 0.583. The number of halogens is 3. The Morgan fingerprint density at radius 1 is 1.33 bits per heavy atom. The summed E-state index contributed by atoms with van der Waals surface area (Å²) in [5.41, 5.74) is 0. The Labute approximate surface area is 120 Å². The van der Waals surface area contributed by atoms with Gasteiger partial charge in [0.2, 0.25) is 0 Å². The van der Waals surface area contributed by atoms with Gasteiger partial charge in [0, 0.05) is 32.4 Å². The molecule has 0 aliphatic carbocycles. The van der Waals surface area contributed by atoms with E-state index in [-0.39, 0.29) is 32.2 Å². The van der Waals surface area contributed by atoms with Gasteiger partial charge in [-0.15, -0.1) is 0 Å². The zero-order valence-corrected chi connectivity index (χ0v) is 11.5. The molecule has 2 rings (SSSR count). The van der Waals surface area contributed by atoms with Crippen LogP contribution in [0.3, 0.4) is 0 Å². The average Bonchev–Trinajstić information content (AvgIpc) is 2.46. The fourth-order valence-corrected chi connectivity index (χ4v) is 2.07. The van der Waals surface area contributed by atoms with E-state index in [1.165, 1.54) is 22.3 Å². The lowest BCUT2D eigenvalue weighted by atomic mass is 10.2. The van der Waals surface area contributed by atoms with E-state index in [4.69, 9.17) is 0 Å². The Morgan fingerprint density at radius 2 is 2.00 bits per heavy atom. The number of anilines is 1. The maximum atomic E-state index is 12.6. The standard InChI is InChI=1S/C12H16F3N5O/c1-9(12(13,14)15)19-4-6-20(7-5-19)11(21)18-10-2-3-16-8-17-10/h2-3,8-9H,4-7H2,1H3,(H,16,17,18,21)/t9-/m1/s1. The molecule has 0 radical (unpaired) electrons. The minimum Gasteiger partial charge on any atom is -0.322 e. The molecule has 0 saturated carbocycles. The first-order valence-electron chi connectivity index (χ1n) is 6.50. The zero-order chi connectivity index (χ0) is 15.5. The van der Waals surface area contributed by atoms with Crippen molar-refractivity contribution in [2.24, 2.45) is 0 Å². The highest BCUT2D eigenvalue weighted by molar-refractivity contribution is 5.88. The van der Waals surface area contributed by atoms with E-state index in [0.29, 0.717) is 5.82 Å². The highest BCUT2D eigenvalue weighted by Gasteiger charge is 2.41. The van der Waals surface area contributed by atoms with Gasteiger partial charge in [0.05, 0.1) is 0 Å². The van der Waals surface area contributed by atoms with E-state index in [0.717, 1.165) is 6.92 Å². The second-order valence-electron chi connectivity index (χ2n) is 4.77. The molecule has 0 aromatic carbocycles. The lowest BCUT2D eigenvalue weighted by molar-refractivity contribution is -0.181. The zero-order valence-electron chi connectivity index (χ0n) is 11.5. The van der Waals surface area contributed by atoms with E-state index in [1.54, 1.807) is 6.07 Å². The molecule has 21 heavy (non-hydrogen) atoms. The minimum atomic E-state index is -4.24. The first kappa shape index (κ1) is 15.5. The van der Waals surface area contributed by atoms with E-state index >= 15 is 0 Å². The highest BCUT2D eigenvalue weighted by Crippen LogP contribution is 2.25. The number of piperazine rings is 1. The van der Waals surface area contributed by atoms with Crippen LogP contribution in [0.2, 0.25) is 0 Å². The van der Waals surface area contributed by atoms with Gasteiger partial charge in [0.1, 0.15) is 18.2 Å². The number of carbonyl (C=O) groups excluding carboxylic acids is 1. The molecule has 1 saturated heterocycles. The summed E-state index contributed by atoms with van der Waals surface area (Å²) < 4.78 is 37.9. The largest absolute Gasteiger partial charge is 0.403 e. The quantitative estimate of drug-likeness (QED) is 0.901. The maximum Gasteiger partial charge on any atom is 0.403 e. The summed E-state index contributed by atoms with van der Waals surface area (Å²) in [6, 6.07) is -0.322. The van der Waals surface area contributed by atoms with Crippen LogP contribution >= 0.6 is 0 Å². The van der Waals surface area contributed by atoms with Crippen LogP contribution in [-0.4, -0.2) is 64.2 Å². The Bertz CT molecular complexity index is 474. The monoisotopic (exact) mass is 303 g/mol. The van der Waals surface area contributed by atoms with Gasteiger partial charge in [-0.05, 0) is 13.0 Å². The van der Waals surface area contributed by atoms with Gasteiger partial charge in [-0.1, -0.05) is 0 Å². The Balaban J connectivity index is 1.85. The van der Waals surface area contributed by atoms with Gasteiger partial charge in [0.25, 0.3) is 0 Å². The van der Waals surface area contributed by atoms with E-state index in [1.807, 2.05) is 0 Å². The van der Waals surface area contributed by atoms with Gasteiger partial charge < -0.3 is 4.90 Å². The van der Waals surface area contributed by atoms with Crippen molar-refractivity contribution in [3.8, 4) is 0 Å². The third-order valence-corrected chi connectivity index (χ3v) is 3.44. The number of amides is 2. The normalized spacial score (nSPS) is 18.4. The SMILES string of the molecule is C[C@@H](N1CCN(C(=O)Nc2ccncn2)CC1)C(F)(F)F. The summed E-state index contributed by atoms with van der Waals surface area (Å²) in [7, 11) is 0. The predicted octanol–water partition coefficient (Wildman–Crippen LogP) is 1.58. The van der Waals surface area contributed by atoms with E-state index in [9.17, 15) is 18.0 Å². The lowest BCUT2D eigenvalue weighted by Crippen LogP contribution is -2.55. The fourth-order valence-electron chi connectivity index (χ4n) is 2.07. The number of nitrogens with zero attached hydrogens (tertiary/aromatic N) is 4. The van der Waals surface area contributed by atoms with Crippen LogP contribution in [0, 0.1) is 0 Å². The topological polar surface area (TPSA) is 61.4 Å². The molecule has 1 fully saturated rings. The summed E-state index contributed by atoms with van der Waals surface area (Å²) in [6.45, 7) is 2.01. The molecule has 1 aliphatic heterocycles. The summed E-state index contributed by atoms with van der Waals surface area (Å²) in [5.74, 6) is 0.362. The van der Waals surface area contributed by atoms with Crippen molar-refractivity contribution in [2.75, 3.05) is 31.5 Å². The van der Waals surface area contributed by atoms with Gasteiger partial charge in [0.15, 0.2) is 0 Å². The number of hydrogen-bond acceptors (Lipinski definition) is 4. The lowest BCUT2D eigenvalue weighted by Gasteiger charge is -2.38. The second-order valence-corrected chi connectivity index (χ2v) is 4.77. The van der Waals surface area contributed by atoms with Crippen molar-refractivity contribution in [3.05, 3.63) is 18.6 Å². The second kappa shape index (κ2) is 6.25. The van der Waals surface area contributed by atoms with Crippen LogP contribution in [0.5, 0.6) is 0 Å². The van der Waals surface area contributed by atoms with Gasteiger partial charge in [-0.25, -0.2) is 14.8 Å². The summed E-state index contributed by atoms with van der Waals surface area (Å²) in [6.07, 6.45) is -1.45. The van der Waals surface area contributed by atoms with Crippen LogP contribution in [-0.2, 0) is 0 Å². The molecule has 2 heterocycles. The Hall–Kier alpha value is -1.90. The Morgan fingerprint density at radius 3 is 2.52 bits per heavy atom. The van der Waals surface area contributed by atoms with Crippen LogP contribution in [0.25, 0.3) is 0 Å². The highest BCUT2D eigenvalue weighted by atomic mass is 19.4. The molecule has 0 spiro atoms. The average molecular weight is 303 g/mol. The number of carbonyl (C=O) groups is 1. The summed E-state index contributed by atoms with van der Waals surface area (Å²) >= 11 is 0. The third-order valence-electron chi connectivity index (χ3n) is 3.44. The number of urea groups is 1. The Kier molecular flexibility index (Phi) is 4.61. The molecule has 0 bridgehead atoms. The molecule has 1 atom stereocenters. The van der Waals surface area contributed by atoms with Crippen LogP contribution in [0.15, 0.2) is 18.6 Å². The van der Waals surface area contributed by atoms with Crippen LogP contribution in [0.4, 0.5) is 23.8 Å². The van der Waals surface area contributed by atoms with Crippen molar-refractivity contribution in [1.29, 1.82) is 0 Å². The molecule has 1 aromatic heterocycles. The first-order chi connectivity index (χ1) is 9.88. The minimum absolute atomic E-state index is 0.192. The van der Waals surface area contributed by atoms with Crippen molar-refractivity contribution in [1.82, 2.24) is 19.8 Å². The maximum absolute atomic E-state index is 12.6. The number of rotatable bonds is 2. The van der Waals surface area contributed by atoms with Gasteiger partial charge in [-0.2, -0.15) is 13.2 Å². The van der Waals surface area contributed by atoms with E-state index < -0.39 is 12.2 Å². The summed E-state index contributed by atoms with van der Waals surface area (Å²) in [4.78, 5) is 22.3. The molecule has 2 amide bonds.